The topological polar surface area (TPSA) is 115 Å². The number of aliphatic imine (C=N–C) groups is 3. The van der Waals surface area contributed by atoms with E-state index in [1.807, 2.05) is 12.1 Å². The lowest BCUT2D eigenvalue weighted by Crippen LogP contribution is -2.17. The second kappa shape index (κ2) is 10.8. The maximum atomic E-state index is 14.3. The molecule has 1 aromatic rings. The predicted molar refractivity (Wildman–Crippen MR) is 115 cm³/mol. The molecular weight excluding hydrogens is 355 g/mol. The highest BCUT2D eigenvalue weighted by Gasteiger charge is 2.13. The average molecular weight is 382 g/mol. The zero-order chi connectivity index (χ0) is 20.4. The van der Waals surface area contributed by atoms with Crippen LogP contribution in [0.2, 0.25) is 0 Å². The first-order valence-electron chi connectivity index (χ1n) is 9.11. The SMILES string of the molecule is CN=CC(=CN)C/C1=C/C(=C\N=CN)CCCc2cccc(F)c2CN=C1N. The first-order chi connectivity index (χ1) is 13.6. The third-order valence-corrected chi connectivity index (χ3v) is 4.45. The van der Waals surface area contributed by atoms with E-state index >= 15 is 0 Å². The van der Waals surface area contributed by atoms with E-state index in [9.17, 15) is 4.39 Å². The van der Waals surface area contributed by atoms with Gasteiger partial charge in [0.05, 0.1) is 12.9 Å². The molecule has 0 saturated heterocycles. The second-order valence-corrected chi connectivity index (χ2v) is 6.41. The smallest absolute Gasteiger partial charge is 0.128 e. The normalized spacial score (nSPS) is 19.9. The van der Waals surface area contributed by atoms with Crippen molar-refractivity contribution >= 4 is 18.4 Å². The summed E-state index contributed by atoms with van der Waals surface area (Å²) in [5.74, 6) is 0.0746. The minimum Gasteiger partial charge on any atom is -0.404 e. The summed E-state index contributed by atoms with van der Waals surface area (Å²) in [4.78, 5) is 12.5. The highest BCUT2D eigenvalue weighted by atomic mass is 19.1. The first-order valence-corrected chi connectivity index (χ1v) is 9.11. The van der Waals surface area contributed by atoms with Gasteiger partial charge in [0.1, 0.15) is 11.7 Å². The Hall–Kier alpha value is -3.22. The first kappa shape index (κ1) is 21.1. The van der Waals surface area contributed by atoms with Crippen molar-refractivity contribution in [3.63, 3.8) is 0 Å². The number of benzene rings is 1. The van der Waals surface area contributed by atoms with Gasteiger partial charge in [-0.15, -0.1) is 0 Å². The summed E-state index contributed by atoms with van der Waals surface area (Å²) >= 11 is 0. The molecule has 0 spiro atoms. The fourth-order valence-corrected chi connectivity index (χ4v) is 3.05. The van der Waals surface area contributed by atoms with Crippen LogP contribution in [0.15, 0.2) is 68.4 Å². The van der Waals surface area contributed by atoms with Crippen molar-refractivity contribution in [3.8, 4) is 0 Å². The Bertz CT molecular complexity index is 862. The van der Waals surface area contributed by atoms with Crippen LogP contribution < -0.4 is 17.2 Å². The Labute approximate surface area is 165 Å². The third kappa shape index (κ3) is 5.90. The third-order valence-electron chi connectivity index (χ3n) is 4.45. The lowest BCUT2D eigenvalue weighted by molar-refractivity contribution is 0.605. The van der Waals surface area contributed by atoms with Crippen LogP contribution in [0, 0.1) is 5.82 Å². The van der Waals surface area contributed by atoms with Crippen LogP contribution in [0.4, 0.5) is 4.39 Å². The molecule has 0 fully saturated rings. The number of allylic oxidation sites excluding steroid dienone is 3. The van der Waals surface area contributed by atoms with Crippen molar-refractivity contribution in [2.24, 2.45) is 32.2 Å². The molecule has 1 aromatic carbocycles. The largest absolute Gasteiger partial charge is 0.404 e. The van der Waals surface area contributed by atoms with Crippen molar-refractivity contribution in [2.45, 2.75) is 32.2 Å². The summed E-state index contributed by atoms with van der Waals surface area (Å²) < 4.78 is 14.3. The van der Waals surface area contributed by atoms with Gasteiger partial charge in [-0.25, -0.2) is 9.38 Å². The number of nitrogens with two attached hydrogens (primary N) is 3. The highest BCUT2D eigenvalue weighted by molar-refractivity contribution is 5.99. The molecule has 0 saturated carbocycles. The van der Waals surface area contributed by atoms with E-state index in [1.165, 1.54) is 18.6 Å². The molecule has 7 heteroatoms. The van der Waals surface area contributed by atoms with Gasteiger partial charge in [-0.3, -0.25) is 9.98 Å². The number of hydrogen-bond acceptors (Lipinski definition) is 5. The maximum absolute atomic E-state index is 14.3. The van der Waals surface area contributed by atoms with Crippen LogP contribution in [-0.2, 0) is 13.0 Å². The number of amidine groups is 1. The molecule has 0 amide bonds. The molecule has 0 aliphatic carbocycles. The number of hydrogen-bond donors (Lipinski definition) is 3. The fourth-order valence-electron chi connectivity index (χ4n) is 3.05. The van der Waals surface area contributed by atoms with E-state index < -0.39 is 0 Å². The molecule has 0 aromatic heterocycles. The van der Waals surface area contributed by atoms with Crippen LogP contribution >= 0.6 is 0 Å². The van der Waals surface area contributed by atoms with Crippen molar-refractivity contribution in [2.75, 3.05) is 7.05 Å². The number of fused-ring (bicyclic) bond motifs is 1. The van der Waals surface area contributed by atoms with E-state index in [4.69, 9.17) is 17.2 Å². The van der Waals surface area contributed by atoms with Gasteiger partial charge in [-0.05, 0) is 53.8 Å². The van der Waals surface area contributed by atoms with Gasteiger partial charge >= 0.3 is 0 Å². The summed E-state index contributed by atoms with van der Waals surface area (Å²) in [6.07, 6.45) is 10.8. The molecule has 6 N–H and O–H groups in total. The molecule has 2 rings (SSSR count). The Morgan fingerprint density at radius 3 is 2.82 bits per heavy atom. The number of aryl methyl sites for hydroxylation is 1. The zero-order valence-electron chi connectivity index (χ0n) is 16.1. The van der Waals surface area contributed by atoms with Gasteiger partial charge in [0.25, 0.3) is 0 Å². The van der Waals surface area contributed by atoms with Crippen molar-refractivity contribution in [1.29, 1.82) is 0 Å². The number of halogens is 1. The Balaban J connectivity index is 2.50. The van der Waals surface area contributed by atoms with Crippen LogP contribution in [0.5, 0.6) is 0 Å². The van der Waals surface area contributed by atoms with E-state index in [2.05, 4.69) is 15.0 Å². The van der Waals surface area contributed by atoms with E-state index in [1.54, 1.807) is 25.5 Å². The molecule has 1 aliphatic heterocycles. The molecule has 6 nitrogen and oxygen atoms in total. The summed E-state index contributed by atoms with van der Waals surface area (Å²) in [5, 5.41) is 0. The van der Waals surface area contributed by atoms with Crippen LogP contribution in [0.25, 0.3) is 0 Å². The van der Waals surface area contributed by atoms with Gasteiger partial charge in [0.15, 0.2) is 0 Å². The fraction of sp³-hybridized carbons (Fsp3) is 0.286. The standard InChI is InChI=1S/C21H27FN6/c1-26-11-16(10-23)9-18-8-15(12-27-14-24)4-2-5-17-6-3-7-20(22)19(17)13-28-21(18)25/h3,6-8,10-12,14H,2,4-5,9,13,23H2,1H3,(H2,24,27)(H2,25,28)/b15-12-,16-10?,18-8-,26-11?. The maximum Gasteiger partial charge on any atom is 0.128 e. The highest BCUT2D eigenvalue weighted by Crippen LogP contribution is 2.22. The Morgan fingerprint density at radius 1 is 1.29 bits per heavy atom. The molecule has 148 valence electrons. The van der Waals surface area contributed by atoms with Gasteiger partial charge in [-0.2, -0.15) is 0 Å². The summed E-state index contributed by atoms with van der Waals surface area (Å²) in [5.41, 5.74) is 21.4. The van der Waals surface area contributed by atoms with E-state index in [0.717, 1.165) is 41.5 Å². The second-order valence-electron chi connectivity index (χ2n) is 6.41. The molecular formula is C21H27FN6. The van der Waals surface area contributed by atoms with E-state index in [0.29, 0.717) is 17.8 Å². The zero-order valence-corrected chi connectivity index (χ0v) is 16.1. The molecule has 1 aliphatic rings. The van der Waals surface area contributed by atoms with Gasteiger partial charge < -0.3 is 17.2 Å². The quantitative estimate of drug-likeness (QED) is 0.549. The Morgan fingerprint density at radius 2 is 2.11 bits per heavy atom. The predicted octanol–water partition coefficient (Wildman–Crippen LogP) is 2.75. The van der Waals surface area contributed by atoms with Gasteiger partial charge in [0, 0.05) is 31.4 Å². The molecule has 0 unspecified atom stereocenters. The summed E-state index contributed by atoms with van der Waals surface area (Å²) in [7, 11) is 1.67. The van der Waals surface area contributed by atoms with Gasteiger partial charge in [-0.1, -0.05) is 18.2 Å². The minimum atomic E-state index is -0.261. The van der Waals surface area contributed by atoms with Crippen LogP contribution in [-0.4, -0.2) is 25.4 Å². The molecule has 1 heterocycles. The summed E-state index contributed by atoms with van der Waals surface area (Å²) in [6.45, 7) is 0.189. The molecule has 28 heavy (non-hydrogen) atoms. The molecule has 0 atom stereocenters. The van der Waals surface area contributed by atoms with Crippen LogP contribution in [0.1, 0.15) is 30.4 Å². The average Bonchev–Trinajstić information content (AvgIpc) is 2.71. The Kier molecular flexibility index (Phi) is 8.14. The van der Waals surface area contributed by atoms with Gasteiger partial charge in [0.2, 0.25) is 0 Å². The summed E-state index contributed by atoms with van der Waals surface area (Å²) in [6, 6.07) is 5.11. The molecule has 0 bridgehead atoms. The number of nitrogens with zero attached hydrogens (tertiary/aromatic N) is 3. The lowest BCUT2D eigenvalue weighted by atomic mass is 9.98. The number of rotatable bonds is 4. The lowest BCUT2D eigenvalue weighted by Gasteiger charge is -2.10. The van der Waals surface area contributed by atoms with Crippen molar-refractivity contribution < 1.29 is 4.39 Å². The monoisotopic (exact) mass is 382 g/mol. The molecule has 0 radical (unpaired) electrons. The minimum absolute atomic E-state index is 0.189. The van der Waals surface area contributed by atoms with Crippen molar-refractivity contribution in [3.05, 3.63) is 70.3 Å². The van der Waals surface area contributed by atoms with Crippen molar-refractivity contribution in [1.82, 2.24) is 0 Å². The van der Waals surface area contributed by atoms with E-state index in [-0.39, 0.29) is 12.4 Å². The van der Waals surface area contributed by atoms with Crippen LogP contribution in [0.3, 0.4) is 0 Å².